The second kappa shape index (κ2) is 12.4. The topological polar surface area (TPSA) is 168 Å². The number of anilines is 2. The quantitative estimate of drug-likeness (QED) is 0.149. The summed E-state index contributed by atoms with van der Waals surface area (Å²) in [5.41, 5.74) is 1.28. The van der Waals surface area contributed by atoms with Gasteiger partial charge in [0.15, 0.2) is 11.5 Å². The smallest absolute Gasteiger partial charge is 0.490 e. The number of nitrogens with one attached hydrogen (secondary N) is 2. The Hall–Kier alpha value is -4.92. The highest BCUT2D eigenvalue weighted by Crippen LogP contribution is 2.34. The molecule has 0 aliphatic carbocycles. The second-order valence-corrected chi connectivity index (χ2v) is 7.68. The van der Waals surface area contributed by atoms with Crippen molar-refractivity contribution in [1.29, 1.82) is 0 Å². The molecular formula is C23H23FN8O6. The van der Waals surface area contributed by atoms with Crippen molar-refractivity contribution in [3.05, 3.63) is 65.0 Å². The van der Waals surface area contributed by atoms with Crippen molar-refractivity contribution < 1.29 is 28.3 Å². The van der Waals surface area contributed by atoms with Crippen LogP contribution < -0.4 is 20.1 Å². The molecule has 0 fully saturated rings. The van der Waals surface area contributed by atoms with Gasteiger partial charge in [-0.2, -0.15) is 4.68 Å². The molecule has 0 aliphatic rings. The van der Waals surface area contributed by atoms with E-state index >= 15 is 0 Å². The summed E-state index contributed by atoms with van der Waals surface area (Å²) in [4.78, 5) is 33.8. The van der Waals surface area contributed by atoms with Crippen LogP contribution in [0.2, 0.25) is 0 Å². The number of benzene rings is 2. The number of carbonyl (C=O) groups is 1. The fourth-order valence-electron chi connectivity index (χ4n) is 3.33. The summed E-state index contributed by atoms with van der Waals surface area (Å²) >= 11 is 0. The van der Waals surface area contributed by atoms with Gasteiger partial charge in [0.05, 0.1) is 25.8 Å². The lowest BCUT2D eigenvalue weighted by Crippen LogP contribution is -2.31. The van der Waals surface area contributed by atoms with Crippen LogP contribution in [0.1, 0.15) is 0 Å². The highest BCUT2D eigenvalue weighted by atomic mass is 19.1. The first-order chi connectivity index (χ1) is 18.4. The number of halogens is 1. The van der Waals surface area contributed by atoms with Crippen LogP contribution in [0.25, 0.3) is 10.9 Å². The molecule has 0 bridgehead atoms. The molecular weight excluding hydrogens is 503 g/mol. The Morgan fingerprint density at radius 1 is 1.11 bits per heavy atom. The number of ether oxygens (including phenoxy) is 3. The molecule has 0 saturated heterocycles. The lowest BCUT2D eigenvalue weighted by Gasteiger charge is -2.14. The van der Waals surface area contributed by atoms with E-state index in [1.807, 2.05) is 0 Å². The molecule has 15 heteroatoms. The van der Waals surface area contributed by atoms with Crippen molar-refractivity contribution in [3.8, 4) is 11.5 Å². The highest BCUT2D eigenvalue weighted by Gasteiger charge is 2.15. The summed E-state index contributed by atoms with van der Waals surface area (Å²) < 4.78 is 31.0. The van der Waals surface area contributed by atoms with Crippen molar-refractivity contribution in [1.82, 2.24) is 30.0 Å². The van der Waals surface area contributed by atoms with Gasteiger partial charge in [0.25, 0.3) is 0 Å². The zero-order chi connectivity index (χ0) is 26.9. The van der Waals surface area contributed by atoms with Gasteiger partial charge in [-0.3, -0.25) is 4.79 Å². The van der Waals surface area contributed by atoms with Crippen molar-refractivity contribution in [2.45, 2.75) is 6.54 Å². The van der Waals surface area contributed by atoms with Crippen LogP contribution in [-0.4, -0.2) is 69.0 Å². The Kier molecular flexibility index (Phi) is 8.50. The first-order valence-corrected chi connectivity index (χ1v) is 11.3. The maximum absolute atomic E-state index is 13.2. The molecule has 0 atom stereocenters. The predicted octanol–water partition coefficient (Wildman–Crippen LogP) is 2.23. The summed E-state index contributed by atoms with van der Waals surface area (Å²) in [7, 11) is 1.52. The van der Waals surface area contributed by atoms with Crippen LogP contribution >= 0.6 is 0 Å². The molecule has 2 aromatic heterocycles. The van der Waals surface area contributed by atoms with Gasteiger partial charge >= 0.3 is 5.95 Å². The summed E-state index contributed by atoms with van der Waals surface area (Å²) in [6.07, 6.45) is 2.52. The molecule has 38 heavy (non-hydrogen) atoms. The number of methoxy groups -OCH3 is 1. The molecule has 1 amide bonds. The van der Waals surface area contributed by atoms with Crippen molar-refractivity contribution in [2.24, 2.45) is 0 Å². The van der Waals surface area contributed by atoms with Gasteiger partial charge in [-0.25, -0.2) is 14.4 Å². The normalized spacial score (nSPS) is 10.8. The maximum atomic E-state index is 13.2. The highest BCUT2D eigenvalue weighted by molar-refractivity contribution is 5.93. The largest absolute Gasteiger partial charge is 0.493 e. The molecule has 4 rings (SSSR count). The Morgan fingerprint density at radius 2 is 1.92 bits per heavy atom. The summed E-state index contributed by atoms with van der Waals surface area (Å²) in [6, 6.07) is 9.38. The van der Waals surface area contributed by atoms with Gasteiger partial charge in [0.1, 0.15) is 31.1 Å². The van der Waals surface area contributed by atoms with Gasteiger partial charge in [-0.1, -0.05) is 4.98 Å². The molecule has 0 unspecified atom stereocenters. The molecule has 198 valence electrons. The van der Waals surface area contributed by atoms with Crippen LogP contribution in [0.3, 0.4) is 0 Å². The maximum Gasteiger partial charge on any atom is 0.490 e. The lowest BCUT2D eigenvalue weighted by molar-refractivity contribution is -0.394. The number of fused-ring (bicyclic) bond motifs is 1. The lowest BCUT2D eigenvalue weighted by atomic mass is 10.2. The average Bonchev–Trinajstić information content (AvgIpc) is 3.38. The molecule has 0 saturated carbocycles. The number of nitrogens with zero attached hydrogens (tertiary/aromatic N) is 6. The standard InChI is InChI=1S/C23H23FN8O6/c1-36-19-10-17-18(26-13-27-22(17)29-16-4-2-15(24)3-5-16)11-20(19)38-9-8-37-7-6-25-21(33)12-31-14-28-23(30-31)32(34)35/h2-5,10-11,13-14H,6-9,12H2,1H3,(H,25,33)(H,26,27,29). The van der Waals surface area contributed by atoms with E-state index in [1.54, 1.807) is 24.3 Å². The van der Waals surface area contributed by atoms with Crippen molar-refractivity contribution >= 4 is 34.3 Å². The Labute approximate surface area is 214 Å². The molecule has 2 N–H and O–H groups in total. The molecule has 2 aromatic carbocycles. The monoisotopic (exact) mass is 526 g/mol. The van der Waals surface area contributed by atoms with Crippen LogP contribution in [0.4, 0.5) is 21.8 Å². The van der Waals surface area contributed by atoms with Crippen LogP contribution in [0.15, 0.2) is 49.1 Å². The van der Waals surface area contributed by atoms with E-state index in [1.165, 1.54) is 25.6 Å². The Morgan fingerprint density at radius 3 is 2.66 bits per heavy atom. The van der Waals surface area contributed by atoms with Crippen LogP contribution in [0, 0.1) is 15.9 Å². The van der Waals surface area contributed by atoms with Gasteiger partial charge < -0.3 is 35.0 Å². The van der Waals surface area contributed by atoms with E-state index in [4.69, 9.17) is 14.2 Å². The zero-order valence-electron chi connectivity index (χ0n) is 20.2. The minimum Gasteiger partial charge on any atom is -0.493 e. The van der Waals surface area contributed by atoms with Gasteiger partial charge in [-0.15, -0.1) is 0 Å². The van der Waals surface area contributed by atoms with Crippen LogP contribution in [-0.2, 0) is 16.1 Å². The number of aromatic nitrogens is 5. The van der Waals surface area contributed by atoms with E-state index in [0.717, 1.165) is 11.0 Å². The van der Waals surface area contributed by atoms with Gasteiger partial charge in [0, 0.05) is 28.8 Å². The SMILES string of the molecule is COc1cc2c(Nc3ccc(F)cc3)ncnc2cc1OCCOCCNC(=O)Cn1cnc([N+](=O)[O-])n1. The number of carbonyl (C=O) groups excluding carboxylic acids is 1. The predicted molar refractivity (Wildman–Crippen MR) is 132 cm³/mol. The Balaban J connectivity index is 1.24. The summed E-state index contributed by atoms with van der Waals surface area (Å²) in [5.74, 6) is 0.164. The second-order valence-electron chi connectivity index (χ2n) is 7.68. The van der Waals surface area contributed by atoms with E-state index in [9.17, 15) is 19.3 Å². The molecule has 2 heterocycles. The van der Waals surface area contributed by atoms with Gasteiger partial charge in [0.2, 0.25) is 12.2 Å². The minimum absolute atomic E-state index is 0.198. The number of hydrogen-bond donors (Lipinski definition) is 2. The van der Waals surface area contributed by atoms with Crippen LogP contribution in [0.5, 0.6) is 11.5 Å². The number of hydrogen-bond acceptors (Lipinski definition) is 11. The molecule has 0 aliphatic heterocycles. The number of nitro groups is 1. The third-order valence-electron chi connectivity index (χ3n) is 5.07. The first-order valence-electron chi connectivity index (χ1n) is 11.3. The summed E-state index contributed by atoms with van der Waals surface area (Å²) in [6.45, 7) is 0.719. The fourth-order valence-corrected chi connectivity index (χ4v) is 3.33. The average molecular weight is 526 g/mol. The molecule has 0 spiro atoms. The summed E-state index contributed by atoms with van der Waals surface area (Å²) in [5, 5.41) is 20.6. The minimum atomic E-state index is -0.740. The van der Waals surface area contributed by atoms with Gasteiger partial charge in [-0.05, 0) is 35.3 Å². The van der Waals surface area contributed by atoms with E-state index in [-0.39, 0.29) is 44.6 Å². The van der Waals surface area contributed by atoms with Crippen molar-refractivity contribution in [3.63, 3.8) is 0 Å². The molecule has 4 aromatic rings. The molecule has 14 nitrogen and oxygen atoms in total. The number of amides is 1. The molecule has 0 radical (unpaired) electrons. The van der Waals surface area contributed by atoms with E-state index in [2.05, 4.69) is 30.7 Å². The first kappa shape index (κ1) is 26.2. The third-order valence-corrected chi connectivity index (χ3v) is 5.07. The third kappa shape index (κ3) is 6.85. The van der Waals surface area contributed by atoms with E-state index < -0.39 is 10.9 Å². The zero-order valence-corrected chi connectivity index (χ0v) is 20.2. The van der Waals surface area contributed by atoms with Crippen molar-refractivity contribution in [2.75, 3.05) is 38.8 Å². The fraction of sp³-hybridized carbons (Fsp3) is 0.261. The Bertz CT molecular complexity index is 1420. The van der Waals surface area contributed by atoms with E-state index in [0.29, 0.717) is 33.9 Å². The number of rotatable bonds is 13.